The smallest absolute Gasteiger partial charge is 0.128 e. The first kappa shape index (κ1) is 18.1. The Bertz CT molecular complexity index is 440. The maximum Gasteiger partial charge on any atom is 0.128 e. The van der Waals surface area contributed by atoms with E-state index in [0.717, 1.165) is 31.5 Å². The van der Waals surface area contributed by atoms with E-state index in [4.69, 9.17) is 5.84 Å². The molecule has 0 radical (unpaired) electrons. The maximum absolute atomic E-state index is 14.4. The lowest BCUT2D eigenvalue weighted by atomic mass is 9.78. The van der Waals surface area contributed by atoms with Gasteiger partial charge in [0, 0.05) is 11.1 Å². The van der Waals surface area contributed by atoms with Crippen LogP contribution in [0.4, 0.5) is 4.39 Å². The van der Waals surface area contributed by atoms with Crippen LogP contribution in [0.1, 0.15) is 57.7 Å². The fourth-order valence-electron chi connectivity index (χ4n) is 3.56. The number of rotatable bonds is 8. The fraction of sp³-hybridized carbons (Fsp3) is 0.647. The highest BCUT2D eigenvalue weighted by Gasteiger charge is 2.41. The molecule has 21 heavy (non-hydrogen) atoms. The minimum atomic E-state index is -0.229. The molecule has 1 atom stereocenters. The van der Waals surface area contributed by atoms with Crippen molar-refractivity contribution < 1.29 is 4.39 Å². The number of hydrogen-bond donors (Lipinski definition) is 2. The molecule has 0 aromatic heterocycles. The van der Waals surface area contributed by atoms with Crippen molar-refractivity contribution in [3.8, 4) is 0 Å². The highest BCUT2D eigenvalue weighted by atomic mass is 19.1. The first-order valence-electron chi connectivity index (χ1n) is 7.97. The molecule has 1 unspecified atom stereocenters. The summed E-state index contributed by atoms with van der Waals surface area (Å²) in [4.78, 5) is 2.39. The Morgan fingerprint density at radius 3 is 2.19 bits per heavy atom. The van der Waals surface area contributed by atoms with Gasteiger partial charge in [0.15, 0.2) is 0 Å². The molecular weight excluding hydrogens is 265 g/mol. The molecule has 0 saturated heterocycles. The summed E-state index contributed by atoms with van der Waals surface area (Å²) >= 11 is 0. The van der Waals surface area contributed by atoms with Gasteiger partial charge in [0.1, 0.15) is 5.82 Å². The minimum Gasteiger partial charge on any atom is -0.296 e. The van der Waals surface area contributed by atoms with Crippen molar-refractivity contribution in [1.82, 2.24) is 10.3 Å². The SMILES string of the molecule is CCN(CC)C(CC)(CC)C(NN)c1cc(C)ccc1F. The van der Waals surface area contributed by atoms with E-state index >= 15 is 0 Å². The molecule has 1 rings (SSSR count). The Morgan fingerprint density at radius 2 is 1.76 bits per heavy atom. The summed E-state index contributed by atoms with van der Waals surface area (Å²) in [5.41, 5.74) is 4.42. The van der Waals surface area contributed by atoms with Gasteiger partial charge in [-0.25, -0.2) is 4.39 Å². The van der Waals surface area contributed by atoms with Crippen molar-refractivity contribution >= 4 is 0 Å². The summed E-state index contributed by atoms with van der Waals surface area (Å²) in [6, 6.07) is 5.01. The predicted molar refractivity (Wildman–Crippen MR) is 87.4 cm³/mol. The molecule has 3 nitrogen and oxygen atoms in total. The highest BCUT2D eigenvalue weighted by molar-refractivity contribution is 5.29. The van der Waals surface area contributed by atoms with Gasteiger partial charge in [0.05, 0.1) is 6.04 Å². The van der Waals surface area contributed by atoms with E-state index in [-0.39, 0.29) is 17.4 Å². The summed E-state index contributed by atoms with van der Waals surface area (Å²) in [5, 5.41) is 0. The molecule has 1 aromatic carbocycles. The van der Waals surface area contributed by atoms with Gasteiger partial charge in [-0.2, -0.15) is 0 Å². The molecule has 0 fully saturated rings. The zero-order valence-corrected chi connectivity index (χ0v) is 14.0. The Hall–Kier alpha value is -0.970. The highest BCUT2D eigenvalue weighted by Crippen LogP contribution is 2.38. The van der Waals surface area contributed by atoms with Gasteiger partial charge < -0.3 is 0 Å². The first-order valence-corrected chi connectivity index (χ1v) is 7.97. The second-order valence-electron chi connectivity index (χ2n) is 5.61. The average molecular weight is 295 g/mol. The molecule has 0 bridgehead atoms. The minimum absolute atomic E-state index is 0.188. The Kier molecular flexibility index (Phi) is 6.78. The van der Waals surface area contributed by atoms with Gasteiger partial charge in [0.2, 0.25) is 0 Å². The number of hydrogen-bond acceptors (Lipinski definition) is 3. The Labute approximate surface area is 128 Å². The molecule has 0 spiro atoms. The van der Waals surface area contributed by atoms with E-state index < -0.39 is 0 Å². The molecule has 1 aromatic rings. The third-order valence-corrected chi connectivity index (χ3v) is 4.78. The molecule has 0 saturated carbocycles. The number of hydrazine groups is 1. The molecule has 0 aliphatic carbocycles. The Morgan fingerprint density at radius 1 is 1.19 bits per heavy atom. The second kappa shape index (κ2) is 7.87. The van der Waals surface area contributed by atoms with Crippen molar-refractivity contribution in [2.45, 2.75) is 59.0 Å². The van der Waals surface area contributed by atoms with Crippen LogP contribution in [0.3, 0.4) is 0 Å². The molecule has 0 aliphatic rings. The molecule has 3 N–H and O–H groups in total. The lowest BCUT2D eigenvalue weighted by Crippen LogP contribution is -2.57. The van der Waals surface area contributed by atoms with Crippen molar-refractivity contribution in [1.29, 1.82) is 0 Å². The van der Waals surface area contributed by atoms with Gasteiger partial charge in [-0.1, -0.05) is 45.4 Å². The average Bonchev–Trinajstić information content (AvgIpc) is 2.50. The standard InChI is InChI=1S/C17H30FN3/c1-6-17(7-2,21(8-3)9-4)16(20-19)14-12-13(5)10-11-15(14)18/h10-12,16,20H,6-9,19H2,1-5H3. The van der Waals surface area contributed by atoms with Crippen LogP contribution in [0.5, 0.6) is 0 Å². The third-order valence-electron chi connectivity index (χ3n) is 4.78. The molecule has 0 heterocycles. The van der Waals surface area contributed by atoms with Crippen LogP contribution in [0.2, 0.25) is 0 Å². The summed E-state index contributed by atoms with van der Waals surface area (Å²) in [7, 11) is 0. The monoisotopic (exact) mass is 295 g/mol. The van der Waals surface area contributed by atoms with E-state index in [0.29, 0.717) is 5.56 Å². The topological polar surface area (TPSA) is 41.3 Å². The van der Waals surface area contributed by atoms with E-state index in [2.05, 4.69) is 38.0 Å². The first-order chi connectivity index (χ1) is 10.00. The van der Waals surface area contributed by atoms with E-state index in [1.807, 2.05) is 13.0 Å². The van der Waals surface area contributed by atoms with Gasteiger partial charge in [-0.15, -0.1) is 0 Å². The third kappa shape index (κ3) is 3.44. The second-order valence-corrected chi connectivity index (χ2v) is 5.61. The molecule has 120 valence electrons. The fourth-order valence-corrected chi connectivity index (χ4v) is 3.56. The number of nitrogens with one attached hydrogen (secondary N) is 1. The lowest BCUT2D eigenvalue weighted by molar-refractivity contribution is 0.0474. The number of benzene rings is 1. The maximum atomic E-state index is 14.4. The van der Waals surface area contributed by atoms with Crippen LogP contribution < -0.4 is 11.3 Å². The van der Waals surface area contributed by atoms with E-state index in [1.54, 1.807) is 6.07 Å². The number of likely N-dealkylation sites (N-methyl/N-ethyl adjacent to an activating group) is 1. The molecule has 0 aliphatic heterocycles. The van der Waals surface area contributed by atoms with Crippen LogP contribution in [0.15, 0.2) is 18.2 Å². The van der Waals surface area contributed by atoms with Crippen LogP contribution in [-0.4, -0.2) is 23.5 Å². The predicted octanol–water partition coefficient (Wildman–Crippen LogP) is 3.54. The van der Waals surface area contributed by atoms with Crippen molar-refractivity contribution in [3.63, 3.8) is 0 Å². The van der Waals surface area contributed by atoms with Crippen LogP contribution in [0, 0.1) is 12.7 Å². The summed E-state index contributed by atoms with van der Waals surface area (Å²) in [5.74, 6) is 5.67. The Balaban J connectivity index is 3.40. The number of aryl methyl sites for hydroxylation is 1. The molecule has 4 heteroatoms. The van der Waals surface area contributed by atoms with Crippen molar-refractivity contribution in [2.75, 3.05) is 13.1 Å². The molecular formula is C17H30FN3. The summed E-state index contributed by atoms with van der Waals surface area (Å²) in [6.07, 6.45) is 1.82. The zero-order valence-electron chi connectivity index (χ0n) is 14.0. The van der Waals surface area contributed by atoms with Crippen molar-refractivity contribution in [3.05, 3.63) is 35.1 Å². The summed E-state index contributed by atoms with van der Waals surface area (Å²) in [6.45, 7) is 12.4. The normalized spacial score (nSPS) is 13.7. The van der Waals surface area contributed by atoms with Crippen LogP contribution >= 0.6 is 0 Å². The molecule has 0 amide bonds. The van der Waals surface area contributed by atoms with Crippen LogP contribution in [0.25, 0.3) is 0 Å². The van der Waals surface area contributed by atoms with Crippen molar-refractivity contribution in [2.24, 2.45) is 5.84 Å². The van der Waals surface area contributed by atoms with Gasteiger partial charge >= 0.3 is 0 Å². The number of nitrogens with zero attached hydrogens (tertiary/aromatic N) is 1. The van der Waals surface area contributed by atoms with Gasteiger partial charge in [0.25, 0.3) is 0 Å². The largest absolute Gasteiger partial charge is 0.296 e. The lowest BCUT2D eigenvalue weighted by Gasteiger charge is -2.48. The van der Waals surface area contributed by atoms with E-state index in [9.17, 15) is 4.39 Å². The van der Waals surface area contributed by atoms with Gasteiger partial charge in [-0.05, 0) is 38.9 Å². The van der Waals surface area contributed by atoms with E-state index in [1.165, 1.54) is 6.07 Å². The quantitative estimate of drug-likeness (QED) is 0.569. The number of nitrogens with two attached hydrogens (primary N) is 1. The van der Waals surface area contributed by atoms with Crippen LogP contribution in [-0.2, 0) is 0 Å². The van der Waals surface area contributed by atoms with Gasteiger partial charge in [-0.3, -0.25) is 16.2 Å². The zero-order chi connectivity index (χ0) is 16.0. The number of halogens is 1. The summed E-state index contributed by atoms with van der Waals surface area (Å²) < 4.78 is 14.4.